The average molecular weight is 303 g/mol. The van der Waals surface area contributed by atoms with Crippen LogP contribution < -0.4 is 5.32 Å². The highest BCUT2D eigenvalue weighted by Crippen LogP contribution is 1.94. The van der Waals surface area contributed by atoms with Crippen LogP contribution in [0, 0.1) is 5.92 Å². The van der Waals surface area contributed by atoms with Gasteiger partial charge < -0.3 is 19.5 Å². The Bertz CT molecular complexity index is 244. The van der Waals surface area contributed by atoms with Crippen LogP contribution in [0.5, 0.6) is 0 Å². The second-order valence-corrected chi connectivity index (χ2v) is 5.71. The maximum Gasteiger partial charge on any atom is 0.160 e. The van der Waals surface area contributed by atoms with Gasteiger partial charge in [0, 0.05) is 18.6 Å². The highest BCUT2D eigenvalue weighted by molar-refractivity contribution is 5.81. The van der Waals surface area contributed by atoms with Crippen molar-refractivity contribution in [3.8, 4) is 0 Å². The molecule has 0 aliphatic heterocycles. The fourth-order valence-corrected chi connectivity index (χ4v) is 1.50. The summed E-state index contributed by atoms with van der Waals surface area (Å²) in [5.41, 5.74) is 0. The van der Waals surface area contributed by atoms with Crippen LogP contribution in [-0.2, 0) is 19.0 Å². The summed E-state index contributed by atoms with van der Waals surface area (Å²) in [7, 11) is 0. The zero-order valence-corrected chi connectivity index (χ0v) is 14.2. The highest BCUT2D eigenvalue weighted by atomic mass is 16.5. The number of rotatable bonds is 15. The van der Waals surface area contributed by atoms with E-state index in [1.807, 2.05) is 13.8 Å². The number of ketones is 1. The molecule has 0 fully saturated rings. The molecule has 0 heterocycles. The summed E-state index contributed by atoms with van der Waals surface area (Å²) < 4.78 is 16.1. The van der Waals surface area contributed by atoms with E-state index < -0.39 is 0 Å². The van der Waals surface area contributed by atoms with E-state index in [2.05, 4.69) is 19.2 Å². The minimum Gasteiger partial charge on any atom is -0.379 e. The molecule has 5 nitrogen and oxygen atoms in total. The third-order valence-corrected chi connectivity index (χ3v) is 2.90. The predicted molar refractivity (Wildman–Crippen MR) is 84.7 cm³/mol. The lowest BCUT2D eigenvalue weighted by Crippen LogP contribution is -2.23. The molecule has 0 aromatic rings. The Hall–Kier alpha value is -0.490. The topological polar surface area (TPSA) is 56.8 Å². The number of unbranched alkanes of at least 4 members (excludes halogenated alkanes) is 1. The molecule has 0 aromatic heterocycles. The second-order valence-electron chi connectivity index (χ2n) is 5.71. The second kappa shape index (κ2) is 14.4. The molecule has 0 saturated carbocycles. The Morgan fingerprint density at radius 2 is 1.43 bits per heavy atom. The van der Waals surface area contributed by atoms with Crippen molar-refractivity contribution >= 4 is 5.78 Å². The zero-order chi connectivity index (χ0) is 15.9. The van der Waals surface area contributed by atoms with E-state index in [0.29, 0.717) is 32.5 Å². The number of carbonyl (C=O) groups excluding carboxylic acids is 1. The summed E-state index contributed by atoms with van der Waals surface area (Å²) in [6, 6.07) is 0.553. The van der Waals surface area contributed by atoms with Gasteiger partial charge in [-0.2, -0.15) is 0 Å². The molecule has 5 heteroatoms. The number of nitrogens with one attached hydrogen (secondary N) is 1. The summed E-state index contributed by atoms with van der Waals surface area (Å²) in [6.07, 6.45) is 2.21. The number of ether oxygens (including phenoxy) is 3. The van der Waals surface area contributed by atoms with Crippen LogP contribution in [-0.4, -0.2) is 58.0 Å². The first kappa shape index (κ1) is 20.5. The van der Waals surface area contributed by atoms with E-state index in [0.717, 1.165) is 26.0 Å². The maximum absolute atomic E-state index is 11.3. The number of hydrogen-bond donors (Lipinski definition) is 1. The summed E-state index contributed by atoms with van der Waals surface area (Å²) in [5.74, 6) is 0.167. The largest absolute Gasteiger partial charge is 0.379 e. The molecule has 126 valence electrons. The molecule has 0 bridgehead atoms. The summed E-state index contributed by atoms with van der Waals surface area (Å²) in [6.45, 7) is 12.2. The summed E-state index contributed by atoms with van der Waals surface area (Å²) in [4.78, 5) is 11.3. The Morgan fingerprint density at radius 1 is 0.857 bits per heavy atom. The van der Waals surface area contributed by atoms with Crippen LogP contribution >= 0.6 is 0 Å². The van der Waals surface area contributed by atoms with Gasteiger partial charge in [0.25, 0.3) is 0 Å². The lowest BCUT2D eigenvalue weighted by Gasteiger charge is -2.08. The molecule has 0 atom stereocenters. The predicted octanol–water partition coefficient (Wildman–Crippen LogP) is 2.04. The lowest BCUT2D eigenvalue weighted by atomic mass is 10.1. The van der Waals surface area contributed by atoms with Gasteiger partial charge in [-0.25, -0.2) is 0 Å². The smallest absolute Gasteiger partial charge is 0.160 e. The third-order valence-electron chi connectivity index (χ3n) is 2.90. The van der Waals surface area contributed by atoms with E-state index in [4.69, 9.17) is 14.2 Å². The van der Waals surface area contributed by atoms with Gasteiger partial charge in [0.15, 0.2) is 5.78 Å². The lowest BCUT2D eigenvalue weighted by molar-refractivity contribution is -0.127. The van der Waals surface area contributed by atoms with Crippen molar-refractivity contribution in [3.63, 3.8) is 0 Å². The van der Waals surface area contributed by atoms with E-state index in [9.17, 15) is 4.79 Å². The molecule has 0 aromatic carbocycles. The van der Waals surface area contributed by atoms with E-state index in [1.54, 1.807) is 0 Å². The zero-order valence-electron chi connectivity index (χ0n) is 14.2. The SMILES string of the molecule is CC(C)NCCCCOCCOCCOCC(=O)C(C)C. The van der Waals surface area contributed by atoms with Gasteiger partial charge in [-0.3, -0.25) is 4.79 Å². The molecule has 21 heavy (non-hydrogen) atoms. The Balaban J connectivity index is 3.08. The van der Waals surface area contributed by atoms with Gasteiger partial charge in [0.2, 0.25) is 0 Å². The molecule has 1 N–H and O–H groups in total. The van der Waals surface area contributed by atoms with Crippen LogP contribution in [0.1, 0.15) is 40.5 Å². The van der Waals surface area contributed by atoms with Gasteiger partial charge in [-0.15, -0.1) is 0 Å². The van der Waals surface area contributed by atoms with Crippen molar-refractivity contribution < 1.29 is 19.0 Å². The standard InChI is InChI=1S/C16H33NO4/c1-14(2)16(18)13-21-12-11-20-10-9-19-8-6-5-7-17-15(3)4/h14-15,17H,5-13H2,1-4H3. The maximum atomic E-state index is 11.3. The molecule has 0 radical (unpaired) electrons. The van der Waals surface area contributed by atoms with Crippen LogP contribution in [0.4, 0.5) is 0 Å². The molecule has 0 saturated heterocycles. The van der Waals surface area contributed by atoms with E-state index in [1.165, 1.54) is 0 Å². The Kier molecular flexibility index (Phi) is 14.1. The normalized spacial score (nSPS) is 11.5. The number of hydrogen-bond acceptors (Lipinski definition) is 5. The Labute approximate surface area is 129 Å². The molecular formula is C16H33NO4. The van der Waals surface area contributed by atoms with Gasteiger partial charge >= 0.3 is 0 Å². The fourth-order valence-electron chi connectivity index (χ4n) is 1.50. The van der Waals surface area contributed by atoms with Crippen molar-refractivity contribution in [2.75, 3.05) is 46.2 Å². The minimum atomic E-state index is 0.0371. The van der Waals surface area contributed by atoms with Gasteiger partial charge in [0.1, 0.15) is 6.61 Å². The van der Waals surface area contributed by atoms with Crippen LogP contribution in [0.3, 0.4) is 0 Å². The first-order chi connectivity index (χ1) is 10.0. The van der Waals surface area contributed by atoms with Crippen LogP contribution in [0.2, 0.25) is 0 Å². The number of carbonyl (C=O) groups is 1. The van der Waals surface area contributed by atoms with Crippen molar-refractivity contribution in [2.24, 2.45) is 5.92 Å². The molecule has 0 rings (SSSR count). The summed E-state index contributed by atoms with van der Waals surface area (Å²) >= 11 is 0. The molecule has 0 aliphatic carbocycles. The average Bonchev–Trinajstić information content (AvgIpc) is 2.43. The van der Waals surface area contributed by atoms with Crippen molar-refractivity contribution in [3.05, 3.63) is 0 Å². The van der Waals surface area contributed by atoms with E-state index in [-0.39, 0.29) is 18.3 Å². The van der Waals surface area contributed by atoms with Crippen molar-refractivity contribution in [2.45, 2.75) is 46.6 Å². The highest BCUT2D eigenvalue weighted by Gasteiger charge is 2.06. The Morgan fingerprint density at radius 3 is 2.00 bits per heavy atom. The van der Waals surface area contributed by atoms with Crippen molar-refractivity contribution in [1.82, 2.24) is 5.32 Å². The van der Waals surface area contributed by atoms with Crippen molar-refractivity contribution in [1.29, 1.82) is 0 Å². The first-order valence-electron chi connectivity index (χ1n) is 8.03. The fraction of sp³-hybridized carbons (Fsp3) is 0.938. The van der Waals surface area contributed by atoms with Gasteiger partial charge in [-0.1, -0.05) is 27.7 Å². The first-order valence-corrected chi connectivity index (χ1v) is 8.03. The molecule has 0 unspecified atom stereocenters. The number of Topliss-reactive ketones (excluding diaryl/α,β-unsaturated/α-hetero) is 1. The summed E-state index contributed by atoms with van der Waals surface area (Å²) in [5, 5.41) is 3.37. The van der Waals surface area contributed by atoms with Gasteiger partial charge in [0.05, 0.1) is 26.4 Å². The van der Waals surface area contributed by atoms with Crippen LogP contribution in [0.15, 0.2) is 0 Å². The molecule has 0 amide bonds. The quantitative estimate of drug-likeness (QED) is 0.469. The molecule has 0 aliphatic rings. The molecule has 0 spiro atoms. The minimum absolute atomic E-state index is 0.0371. The van der Waals surface area contributed by atoms with Crippen LogP contribution in [0.25, 0.3) is 0 Å². The third kappa shape index (κ3) is 15.7. The van der Waals surface area contributed by atoms with Gasteiger partial charge in [-0.05, 0) is 19.4 Å². The van der Waals surface area contributed by atoms with E-state index >= 15 is 0 Å². The molecular weight excluding hydrogens is 270 g/mol. The monoisotopic (exact) mass is 303 g/mol.